The Morgan fingerprint density at radius 2 is 1.57 bits per heavy atom. The van der Waals surface area contributed by atoms with Crippen LogP contribution in [0.4, 0.5) is 5.69 Å². The van der Waals surface area contributed by atoms with Gasteiger partial charge in [0.25, 0.3) is 11.8 Å². The molecular weight excluding hydrogens is 374 g/mol. The van der Waals surface area contributed by atoms with E-state index in [2.05, 4.69) is 11.4 Å². The summed E-state index contributed by atoms with van der Waals surface area (Å²) in [6, 6.07) is 23.4. The van der Waals surface area contributed by atoms with Crippen LogP contribution < -0.4 is 11.1 Å². The van der Waals surface area contributed by atoms with Gasteiger partial charge in [0.1, 0.15) is 6.04 Å². The molecule has 0 bridgehead atoms. The van der Waals surface area contributed by atoms with E-state index in [1.54, 1.807) is 24.3 Å². The van der Waals surface area contributed by atoms with E-state index in [-0.39, 0.29) is 18.5 Å². The highest BCUT2D eigenvalue weighted by molar-refractivity contribution is 6.01. The Balaban J connectivity index is 1.65. The standard InChI is InChI=1S/C25H25N3O2/c26-17-28(25(30)20-10-5-2-6-11-20)23(19-8-3-1-4-9-19)24(29)27-22-15-14-18-12-7-13-21(18)16-22/h1-6,8-11,14-16,23H,7,12-13,17,26H2,(H,27,29)/t23-/m1/s1. The lowest BCUT2D eigenvalue weighted by molar-refractivity contribution is -0.120. The number of nitrogens with one attached hydrogen (secondary N) is 1. The number of anilines is 1. The van der Waals surface area contributed by atoms with Crippen molar-refractivity contribution in [2.75, 3.05) is 12.0 Å². The molecule has 3 N–H and O–H groups in total. The summed E-state index contributed by atoms with van der Waals surface area (Å²) in [6.45, 7) is -0.0785. The maximum absolute atomic E-state index is 13.4. The van der Waals surface area contributed by atoms with Crippen LogP contribution in [-0.2, 0) is 17.6 Å². The first kappa shape index (κ1) is 19.9. The quantitative estimate of drug-likeness (QED) is 0.617. The summed E-state index contributed by atoms with van der Waals surface area (Å²) in [7, 11) is 0. The highest BCUT2D eigenvalue weighted by Crippen LogP contribution is 2.27. The van der Waals surface area contributed by atoms with Crippen LogP contribution in [0.1, 0.15) is 39.5 Å². The van der Waals surface area contributed by atoms with Crippen LogP contribution in [0.3, 0.4) is 0 Å². The minimum atomic E-state index is -0.836. The van der Waals surface area contributed by atoms with Gasteiger partial charge in [-0.3, -0.25) is 9.59 Å². The first-order chi connectivity index (χ1) is 14.7. The van der Waals surface area contributed by atoms with Gasteiger partial charge in [0.05, 0.1) is 6.67 Å². The molecule has 4 rings (SSSR count). The van der Waals surface area contributed by atoms with Crippen LogP contribution in [0.5, 0.6) is 0 Å². The number of hydrogen-bond acceptors (Lipinski definition) is 3. The average molecular weight is 399 g/mol. The zero-order valence-corrected chi connectivity index (χ0v) is 16.8. The van der Waals surface area contributed by atoms with E-state index in [1.807, 2.05) is 48.5 Å². The molecule has 5 nitrogen and oxygen atoms in total. The van der Waals surface area contributed by atoms with Gasteiger partial charge < -0.3 is 16.0 Å². The van der Waals surface area contributed by atoms with Crippen LogP contribution in [0.25, 0.3) is 0 Å². The lowest BCUT2D eigenvalue weighted by atomic mass is 10.0. The summed E-state index contributed by atoms with van der Waals surface area (Å²) in [5.74, 6) is -0.565. The van der Waals surface area contributed by atoms with E-state index >= 15 is 0 Å². The second kappa shape index (κ2) is 8.93. The van der Waals surface area contributed by atoms with Crippen molar-refractivity contribution in [3.8, 4) is 0 Å². The highest BCUT2D eigenvalue weighted by atomic mass is 16.2. The molecule has 0 spiro atoms. The lowest BCUT2D eigenvalue weighted by Gasteiger charge is -2.30. The third-order valence-corrected chi connectivity index (χ3v) is 5.52. The first-order valence-corrected chi connectivity index (χ1v) is 10.2. The number of rotatable bonds is 6. The normalized spacial score (nSPS) is 13.4. The molecule has 1 atom stereocenters. The Kier molecular flexibility index (Phi) is 5.91. The fourth-order valence-electron chi connectivity index (χ4n) is 4.02. The van der Waals surface area contributed by atoms with E-state index in [1.165, 1.54) is 16.0 Å². The largest absolute Gasteiger partial charge is 0.324 e. The van der Waals surface area contributed by atoms with Crippen molar-refractivity contribution >= 4 is 17.5 Å². The lowest BCUT2D eigenvalue weighted by Crippen LogP contribution is -2.44. The van der Waals surface area contributed by atoms with Crippen LogP contribution in [0.2, 0.25) is 0 Å². The fourth-order valence-corrected chi connectivity index (χ4v) is 4.02. The minimum absolute atomic E-state index is 0.0785. The highest BCUT2D eigenvalue weighted by Gasteiger charge is 2.31. The van der Waals surface area contributed by atoms with Crippen molar-refractivity contribution < 1.29 is 9.59 Å². The Morgan fingerprint density at radius 1 is 0.900 bits per heavy atom. The molecule has 0 radical (unpaired) electrons. The number of aryl methyl sites for hydroxylation is 2. The molecule has 3 aromatic carbocycles. The fraction of sp³-hybridized carbons (Fsp3) is 0.200. The zero-order chi connectivity index (χ0) is 20.9. The molecule has 0 aromatic heterocycles. The van der Waals surface area contributed by atoms with Gasteiger partial charge in [0.2, 0.25) is 0 Å². The summed E-state index contributed by atoms with van der Waals surface area (Å²) < 4.78 is 0. The van der Waals surface area contributed by atoms with Crippen molar-refractivity contribution in [2.45, 2.75) is 25.3 Å². The van der Waals surface area contributed by atoms with Crippen LogP contribution >= 0.6 is 0 Å². The predicted octanol–water partition coefficient (Wildman–Crippen LogP) is 3.91. The molecular formula is C25H25N3O2. The molecule has 1 aliphatic carbocycles. The first-order valence-electron chi connectivity index (χ1n) is 10.2. The molecule has 2 amide bonds. The second-order valence-electron chi connectivity index (χ2n) is 7.46. The Hall–Kier alpha value is -3.44. The monoisotopic (exact) mass is 399 g/mol. The molecule has 0 fully saturated rings. The van der Waals surface area contributed by atoms with E-state index < -0.39 is 6.04 Å². The number of amides is 2. The van der Waals surface area contributed by atoms with Gasteiger partial charge in [-0.2, -0.15) is 0 Å². The number of carbonyl (C=O) groups excluding carboxylic acids is 2. The van der Waals surface area contributed by atoms with Crippen molar-refractivity contribution in [3.63, 3.8) is 0 Å². The summed E-state index contributed by atoms with van der Waals surface area (Å²) in [5.41, 5.74) is 10.6. The van der Waals surface area contributed by atoms with E-state index in [4.69, 9.17) is 5.73 Å². The zero-order valence-electron chi connectivity index (χ0n) is 16.8. The molecule has 5 heteroatoms. The SMILES string of the molecule is NCN(C(=O)c1ccccc1)[C@@H](C(=O)Nc1ccc2c(c1)CCC2)c1ccccc1. The summed E-state index contributed by atoms with van der Waals surface area (Å²) in [6.07, 6.45) is 3.26. The molecule has 0 saturated carbocycles. The van der Waals surface area contributed by atoms with Crippen molar-refractivity contribution in [1.29, 1.82) is 0 Å². The van der Waals surface area contributed by atoms with Gasteiger partial charge in [0.15, 0.2) is 0 Å². The van der Waals surface area contributed by atoms with Gasteiger partial charge in [-0.25, -0.2) is 0 Å². The Morgan fingerprint density at radius 3 is 2.27 bits per heavy atom. The Bertz CT molecular complexity index is 1030. The number of benzene rings is 3. The third kappa shape index (κ3) is 4.11. The number of hydrogen-bond donors (Lipinski definition) is 2. The third-order valence-electron chi connectivity index (χ3n) is 5.52. The summed E-state index contributed by atoms with van der Waals surface area (Å²) in [4.78, 5) is 28.0. The van der Waals surface area contributed by atoms with E-state index in [0.29, 0.717) is 11.1 Å². The predicted molar refractivity (Wildman–Crippen MR) is 118 cm³/mol. The van der Waals surface area contributed by atoms with Gasteiger partial charge in [-0.1, -0.05) is 54.6 Å². The molecule has 30 heavy (non-hydrogen) atoms. The number of carbonyl (C=O) groups is 2. The average Bonchev–Trinajstić information content (AvgIpc) is 3.26. The van der Waals surface area contributed by atoms with Gasteiger partial charge in [-0.05, 0) is 60.2 Å². The smallest absolute Gasteiger partial charge is 0.255 e. The molecule has 3 aromatic rings. The van der Waals surface area contributed by atoms with Crippen molar-refractivity contribution in [1.82, 2.24) is 4.90 Å². The second-order valence-corrected chi connectivity index (χ2v) is 7.46. The van der Waals surface area contributed by atoms with E-state index in [9.17, 15) is 9.59 Å². The summed E-state index contributed by atoms with van der Waals surface area (Å²) >= 11 is 0. The summed E-state index contributed by atoms with van der Waals surface area (Å²) in [5, 5.41) is 3.00. The van der Waals surface area contributed by atoms with Crippen molar-refractivity contribution in [3.05, 3.63) is 101 Å². The molecule has 152 valence electrons. The van der Waals surface area contributed by atoms with Crippen LogP contribution in [-0.4, -0.2) is 23.4 Å². The maximum Gasteiger partial charge on any atom is 0.255 e. The number of fused-ring (bicyclic) bond motifs is 1. The van der Waals surface area contributed by atoms with Crippen LogP contribution in [0.15, 0.2) is 78.9 Å². The van der Waals surface area contributed by atoms with Gasteiger partial charge in [-0.15, -0.1) is 0 Å². The minimum Gasteiger partial charge on any atom is -0.324 e. The molecule has 0 saturated heterocycles. The molecule has 1 aliphatic rings. The number of nitrogens with zero attached hydrogens (tertiary/aromatic N) is 1. The Labute approximate surface area is 176 Å². The molecule has 0 unspecified atom stereocenters. The molecule has 0 heterocycles. The van der Waals surface area contributed by atoms with E-state index in [0.717, 1.165) is 24.9 Å². The van der Waals surface area contributed by atoms with Crippen LogP contribution in [0, 0.1) is 0 Å². The van der Waals surface area contributed by atoms with Crippen molar-refractivity contribution in [2.24, 2.45) is 5.73 Å². The van der Waals surface area contributed by atoms with Gasteiger partial charge >= 0.3 is 0 Å². The van der Waals surface area contributed by atoms with Gasteiger partial charge in [0, 0.05) is 11.3 Å². The molecule has 0 aliphatic heterocycles. The maximum atomic E-state index is 13.4. The topological polar surface area (TPSA) is 75.4 Å². The number of nitrogens with two attached hydrogens (primary N) is 1.